The summed E-state index contributed by atoms with van der Waals surface area (Å²) in [4.78, 5) is 16.2. The second-order valence-electron chi connectivity index (χ2n) is 8.02. The number of ether oxygens (including phenoxy) is 2. The van der Waals surface area contributed by atoms with Crippen LogP contribution in [0.1, 0.15) is 35.3 Å². The number of carbonyl (C=O) groups is 1. The Hall–Kier alpha value is -3.54. The molecular weight excluding hydrogens is 378 g/mol. The van der Waals surface area contributed by atoms with E-state index in [1.54, 1.807) is 32.4 Å². The molecule has 0 saturated heterocycles. The van der Waals surface area contributed by atoms with Crippen LogP contribution in [0.15, 0.2) is 54.6 Å². The quantitative estimate of drug-likeness (QED) is 0.584. The molecule has 1 aliphatic heterocycles. The summed E-state index contributed by atoms with van der Waals surface area (Å²) in [6, 6.07) is 17.6. The Morgan fingerprint density at radius 2 is 1.77 bits per heavy atom. The number of hydrogen-bond acceptors (Lipinski definition) is 4. The van der Waals surface area contributed by atoms with Gasteiger partial charge < -0.3 is 9.47 Å². The van der Waals surface area contributed by atoms with E-state index in [-0.39, 0.29) is 11.4 Å². The number of amidine groups is 1. The third-order valence-electron chi connectivity index (χ3n) is 5.34. The molecule has 0 aliphatic carbocycles. The summed E-state index contributed by atoms with van der Waals surface area (Å²) in [6.07, 6.45) is 0.887. The molecule has 0 radical (unpaired) electrons. The number of hydrogen-bond donors (Lipinski definition) is 3. The van der Waals surface area contributed by atoms with Gasteiger partial charge in [-0.3, -0.25) is 9.79 Å². The number of nitrogens with one attached hydrogen (secondary N) is 3. The van der Waals surface area contributed by atoms with Crippen molar-refractivity contribution in [1.29, 1.82) is 0 Å². The molecule has 0 spiro atoms. The molecule has 6 nitrogen and oxygen atoms in total. The first-order valence-corrected chi connectivity index (χ1v) is 9.86. The van der Waals surface area contributed by atoms with E-state index >= 15 is 0 Å². The van der Waals surface area contributed by atoms with Crippen LogP contribution in [0.4, 0.5) is 0 Å². The highest BCUT2D eigenvalue weighted by molar-refractivity contribution is 6.04. The number of rotatable bonds is 3. The van der Waals surface area contributed by atoms with Crippen molar-refractivity contribution < 1.29 is 19.3 Å². The summed E-state index contributed by atoms with van der Waals surface area (Å²) in [6.45, 7) is 4.30. The van der Waals surface area contributed by atoms with Crippen molar-refractivity contribution in [3.05, 3.63) is 71.3 Å². The molecule has 0 saturated carbocycles. The molecule has 0 aromatic heterocycles. The third kappa shape index (κ3) is 3.68. The van der Waals surface area contributed by atoms with Crippen LogP contribution in [-0.4, -0.2) is 31.5 Å². The minimum absolute atomic E-state index is 0.159. The minimum Gasteiger partial charge on any atom is -0.493 e. The second-order valence-corrected chi connectivity index (χ2v) is 8.02. The fourth-order valence-electron chi connectivity index (χ4n) is 3.92. The van der Waals surface area contributed by atoms with Gasteiger partial charge in [0, 0.05) is 12.0 Å². The predicted octanol–water partition coefficient (Wildman–Crippen LogP) is 1.95. The van der Waals surface area contributed by atoms with Crippen LogP contribution >= 0.6 is 0 Å². The number of fused-ring (bicyclic) bond motifs is 3. The van der Waals surface area contributed by atoms with Crippen molar-refractivity contribution in [2.75, 3.05) is 14.2 Å². The lowest BCUT2D eigenvalue weighted by Gasteiger charge is -2.26. The average molecular weight is 404 g/mol. The van der Waals surface area contributed by atoms with E-state index in [2.05, 4.69) is 60.0 Å². The van der Waals surface area contributed by atoms with Gasteiger partial charge >= 0.3 is 0 Å². The summed E-state index contributed by atoms with van der Waals surface area (Å²) in [7, 11) is 3.11. The van der Waals surface area contributed by atoms with Crippen molar-refractivity contribution in [1.82, 2.24) is 10.9 Å². The van der Waals surface area contributed by atoms with Gasteiger partial charge in [0.05, 0.1) is 19.8 Å². The predicted molar refractivity (Wildman–Crippen MR) is 117 cm³/mol. The second kappa shape index (κ2) is 7.71. The normalized spacial score (nSPS) is 14.5. The van der Waals surface area contributed by atoms with Crippen molar-refractivity contribution >= 4 is 22.5 Å². The summed E-state index contributed by atoms with van der Waals surface area (Å²) >= 11 is 0. The lowest BCUT2D eigenvalue weighted by atomic mass is 9.85. The van der Waals surface area contributed by atoms with Crippen LogP contribution in [-0.2, 0) is 6.42 Å². The lowest BCUT2D eigenvalue weighted by Crippen LogP contribution is -2.90. The highest BCUT2D eigenvalue weighted by Crippen LogP contribution is 2.28. The Kier molecular flexibility index (Phi) is 5.08. The maximum absolute atomic E-state index is 12.7. The van der Waals surface area contributed by atoms with Crippen molar-refractivity contribution in [2.45, 2.75) is 25.8 Å². The average Bonchev–Trinajstić information content (AvgIpc) is 2.75. The van der Waals surface area contributed by atoms with Gasteiger partial charge in [-0.15, -0.1) is 0 Å². The molecule has 30 heavy (non-hydrogen) atoms. The molecule has 0 atom stereocenters. The molecular formula is C24H26N3O3+. The van der Waals surface area contributed by atoms with E-state index in [0.717, 1.165) is 17.8 Å². The Bertz CT molecular complexity index is 1150. The summed E-state index contributed by atoms with van der Waals surface area (Å²) in [5, 5.41) is 2.44. The zero-order chi connectivity index (χ0) is 21.3. The van der Waals surface area contributed by atoms with Gasteiger partial charge in [-0.2, -0.15) is 10.9 Å². The molecule has 4 rings (SSSR count). The van der Waals surface area contributed by atoms with Crippen LogP contribution in [0.5, 0.6) is 11.5 Å². The highest BCUT2D eigenvalue weighted by Gasteiger charge is 2.32. The lowest BCUT2D eigenvalue weighted by molar-refractivity contribution is -0.547. The Balaban J connectivity index is 1.61. The number of methoxy groups -OCH3 is 2. The number of benzene rings is 3. The Labute approximate surface area is 175 Å². The molecule has 3 aromatic carbocycles. The van der Waals surface area contributed by atoms with Crippen LogP contribution in [0.25, 0.3) is 10.8 Å². The van der Waals surface area contributed by atoms with Gasteiger partial charge in [0.2, 0.25) is 0 Å². The molecule has 154 valence electrons. The molecule has 1 amide bonds. The zero-order valence-corrected chi connectivity index (χ0v) is 17.6. The maximum atomic E-state index is 12.7. The van der Waals surface area contributed by atoms with E-state index in [1.807, 2.05) is 6.07 Å². The summed E-state index contributed by atoms with van der Waals surface area (Å²) in [5.41, 5.74) is 8.52. The topological polar surface area (TPSA) is 73.6 Å². The summed E-state index contributed by atoms with van der Waals surface area (Å²) < 4.78 is 10.5. The molecule has 1 aliphatic rings. The van der Waals surface area contributed by atoms with Crippen LogP contribution in [0.3, 0.4) is 0 Å². The van der Waals surface area contributed by atoms with Crippen LogP contribution in [0.2, 0.25) is 0 Å². The zero-order valence-electron chi connectivity index (χ0n) is 17.6. The van der Waals surface area contributed by atoms with E-state index in [1.165, 1.54) is 16.3 Å². The SMILES string of the molecule is COc1ccc(C(=O)NNC2=[NH+]C(C)(C)Cc3c2ccc2ccccc32)cc1OC. The van der Waals surface area contributed by atoms with Gasteiger partial charge in [-0.05, 0) is 54.4 Å². The number of hydrazine groups is 1. The van der Waals surface area contributed by atoms with Crippen LogP contribution < -0.4 is 25.3 Å². The molecule has 6 heteroatoms. The minimum atomic E-state index is -0.268. The molecule has 0 fully saturated rings. The largest absolute Gasteiger partial charge is 0.493 e. The standard InChI is InChI=1S/C24H25N3O3/c1-24(2)14-19-17-8-6-5-7-15(17)9-11-18(19)22(25-24)26-27-23(28)16-10-12-20(29-3)21(13-16)30-4/h5-13H,14H2,1-4H3,(H,25,26)(H,27,28)/p+1. The summed E-state index contributed by atoms with van der Waals surface area (Å²) in [5.74, 6) is 1.59. The highest BCUT2D eigenvalue weighted by atomic mass is 16.5. The van der Waals surface area contributed by atoms with Crippen molar-refractivity contribution in [2.24, 2.45) is 0 Å². The van der Waals surface area contributed by atoms with E-state index < -0.39 is 0 Å². The first-order chi connectivity index (χ1) is 14.4. The smallest absolute Gasteiger partial charge is 0.299 e. The Morgan fingerprint density at radius 3 is 2.53 bits per heavy atom. The molecule has 0 bridgehead atoms. The fourth-order valence-corrected chi connectivity index (χ4v) is 3.92. The molecule has 1 heterocycles. The van der Waals surface area contributed by atoms with Crippen molar-refractivity contribution in [3.8, 4) is 11.5 Å². The Morgan fingerprint density at radius 1 is 1.00 bits per heavy atom. The van der Waals surface area contributed by atoms with Crippen molar-refractivity contribution in [3.63, 3.8) is 0 Å². The van der Waals surface area contributed by atoms with E-state index in [0.29, 0.717) is 17.1 Å². The van der Waals surface area contributed by atoms with Gasteiger partial charge in [-0.25, -0.2) is 0 Å². The van der Waals surface area contributed by atoms with Gasteiger partial charge in [0.1, 0.15) is 5.54 Å². The van der Waals surface area contributed by atoms with E-state index in [4.69, 9.17) is 9.47 Å². The molecule has 3 N–H and O–H groups in total. The monoisotopic (exact) mass is 404 g/mol. The number of carbonyl (C=O) groups excluding carboxylic acids is 1. The van der Waals surface area contributed by atoms with E-state index in [9.17, 15) is 4.79 Å². The third-order valence-corrected chi connectivity index (χ3v) is 5.34. The first-order valence-electron chi connectivity index (χ1n) is 9.86. The van der Waals surface area contributed by atoms with Gasteiger partial charge in [0.25, 0.3) is 11.7 Å². The maximum Gasteiger partial charge on any atom is 0.299 e. The van der Waals surface area contributed by atoms with Crippen LogP contribution in [0, 0.1) is 0 Å². The van der Waals surface area contributed by atoms with Gasteiger partial charge in [-0.1, -0.05) is 30.3 Å². The molecule has 3 aromatic rings. The fraction of sp³-hybridized carbons (Fsp3) is 0.250. The van der Waals surface area contributed by atoms with Gasteiger partial charge in [0.15, 0.2) is 11.5 Å². The molecule has 0 unspecified atom stereocenters. The number of amides is 1. The first kappa shape index (κ1) is 19.8.